The van der Waals surface area contributed by atoms with Gasteiger partial charge in [0.05, 0.1) is 19.3 Å². The van der Waals surface area contributed by atoms with E-state index in [-0.39, 0.29) is 5.92 Å². The van der Waals surface area contributed by atoms with E-state index in [4.69, 9.17) is 4.42 Å². The highest BCUT2D eigenvalue weighted by atomic mass is 19.4. The van der Waals surface area contributed by atoms with Crippen LogP contribution in [-0.2, 0) is 6.54 Å². The summed E-state index contributed by atoms with van der Waals surface area (Å²) < 4.78 is 41.6. The van der Waals surface area contributed by atoms with E-state index in [0.717, 1.165) is 12.2 Å². The first-order valence-electron chi connectivity index (χ1n) is 5.90. The Morgan fingerprint density at radius 2 is 2.33 bits per heavy atom. The van der Waals surface area contributed by atoms with Gasteiger partial charge in [-0.2, -0.15) is 13.2 Å². The van der Waals surface area contributed by atoms with Gasteiger partial charge < -0.3 is 9.73 Å². The van der Waals surface area contributed by atoms with Crippen molar-refractivity contribution in [1.29, 1.82) is 0 Å². The zero-order valence-corrected chi connectivity index (χ0v) is 9.91. The third kappa shape index (κ3) is 4.30. The molecule has 0 bridgehead atoms. The van der Waals surface area contributed by atoms with Gasteiger partial charge in [-0.3, -0.25) is 4.90 Å². The minimum Gasteiger partial charge on any atom is -0.447 e. The molecular formula is C11H16F3N3O. The number of nitrogens with zero attached hydrogens (tertiary/aromatic N) is 2. The van der Waals surface area contributed by atoms with Crippen molar-refractivity contribution < 1.29 is 17.6 Å². The van der Waals surface area contributed by atoms with E-state index in [9.17, 15) is 13.2 Å². The average Bonchev–Trinajstić information content (AvgIpc) is 2.88. The van der Waals surface area contributed by atoms with Gasteiger partial charge in [0.15, 0.2) is 6.39 Å². The van der Waals surface area contributed by atoms with E-state index >= 15 is 0 Å². The van der Waals surface area contributed by atoms with Crippen molar-refractivity contribution in [3.63, 3.8) is 0 Å². The minimum absolute atomic E-state index is 0.273. The summed E-state index contributed by atoms with van der Waals surface area (Å²) in [6.07, 6.45) is -0.309. The molecule has 1 aliphatic rings. The zero-order chi connectivity index (χ0) is 13.0. The maximum absolute atomic E-state index is 12.2. The lowest BCUT2D eigenvalue weighted by Crippen LogP contribution is -2.33. The second-order valence-electron chi connectivity index (χ2n) is 4.60. The number of halogens is 3. The monoisotopic (exact) mass is 263 g/mol. The van der Waals surface area contributed by atoms with Gasteiger partial charge >= 0.3 is 6.18 Å². The van der Waals surface area contributed by atoms with Crippen molar-refractivity contribution in [2.45, 2.75) is 19.1 Å². The molecule has 1 aromatic heterocycles. The number of alkyl halides is 3. The van der Waals surface area contributed by atoms with Gasteiger partial charge in [-0.05, 0) is 25.4 Å². The highest BCUT2D eigenvalue weighted by Gasteiger charge is 2.34. The van der Waals surface area contributed by atoms with E-state index in [2.05, 4.69) is 10.3 Å². The molecule has 0 amide bonds. The van der Waals surface area contributed by atoms with Crippen molar-refractivity contribution in [1.82, 2.24) is 15.2 Å². The molecule has 0 aromatic carbocycles. The molecule has 1 saturated heterocycles. The minimum atomic E-state index is -4.10. The Bertz CT molecular complexity index is 353. The van der Waals surface area contributed by atoms with Gasteiger partial charge in [0.2, 0.25) is 0 Å². The summed E-state index contributed by atoms with van der Waals surface area (Å²) in [5, 5.41) is 3.17. The molecule has 0 radical (unpaired) electrons. The lowest BCUT2D eigenvalue weighted by Gasteiger charge is -2.17. The van der Waals surface area contributed by atoms with Crippen LogP contribution < -0.4 is 5.32 Å². The van der Waals surface area contributed by atoms with Crippen LogP contribution in [-0.4, -0.2) is 42.2 Å². The SMILES string of the molecule is FC(F)(F)CN1CCC(CNCc2cnco2)C1. The molecule has 7 heteroatoms. The van der Waals surface area contributed by atoms with Crippen LogP contribution in [0.3, 0.4) is 0 Å². The van der Waals surface area contributed by atoms with Crippen LogP contribution in [0.4, 0.5) is 13.2 Å². The molecule has 1 atom stereocenters. The third-order valence-corrected chi connectivity index (χ3v) is 2.99. The molecular weight excluding hydrogens is 247 g/mol. The van der Waals surface area contributed by atoms with Crippen LogP contribution in [0.2, 0.25) is 0 Å². The fourth-order valence-electron chi connectivity index (χ4n) is 2.21. The standard InChI is InChI=1S/C11H16F3N3O/c12-11(13,14)7-17-2-1-9(6-17)3-15-4-10-5-16-8-18-10/h5,8-9,15H,1-4,6-7H2. The zero-order valence-electron chi connectivity index (χ0n) is 9.91. The van der Waals surface area contributed by atoms with Crippen molar-refractivity contribution in [3.8, 4) is 0 Å². The molecule has 2 heterocycles. The van der Waals surface area contributed by atoms with E-state index < -0.39 is 12.7 Å². The van der Waals surface area contributed by atoms with Crippen molar-refractivity contribution >= 4 is 0 Å². The molecule has 1 fully saturated rings. The number of hydrogen-bond donors (Lipinski definition) is 1. The maximum atomic E-state index is 12.2. The third-order valence-electron chi connectivity index (χ3n) is 2.99. The lowest BCUT2D eigenvalue weighted by molar-refractivity contribution is -0.143. The van der Waals surface area contributed by atoms with Gasteiger partial charge in [0.1, 0.15) is 5.76 Å². The number of oxazole rings is 1. The molecule has 1 aliphatic heterocycles. The predicted molar refractivity (Wildman–Crippen MR) is 58.8 cm³/mol. The first-order chi connectivity index (χ1) is 8.53. The summed E-state index contributed by atoms with van der Waals surface area (Å²) in [6, 6.07) is 0. The summed E-state index contributed by atoms with van der Waals surface area (Å²) in [6.45, 7) is 1.49. The van der Waals surface area contributed by atoms with Gasteiger partial charge in [-0.25, -0.2) is 4.98 Å². The van der Waals surface area contributed by atoms with Crippen LogP contribution in [0.5, 0.6) is 0 Å². The fraction of sp³-hybridized carbons (Fsp3) is 0.727. The smallest absolute Gasteiger partial charge is 0.401 e. The Kier molecular flexibility index (Phi) is 4.23. The summed E-state index contributed by atoms with van der Waals surface area (Å²) in [4.78, 5) is 5.24. The Balaban J connectivity index is 1.64. The Hall–Kier alpha value is -1.08. The van der Waals surface area contributed by atoms with Crippen LogP contribution in [0.1, 0.15) is 12.2 Å². The van der Waals surface area contributed by atoms with Crippen molar-refractivity contribution in [2.75, 3.05) is 26.2 Å². The van der Waals surface area contributed by atoms with E-state index in [1.807, 2.05) is 0 Å². The van der Waals surface area contributed by atoms with Crippen LogP contribution >= 0.6 is 0 Å². The van der Waals surface area contributed by atoms with Gasteiger partial charge in [0.25, 0.3) is 0 Å². The molecule has 1 aromatic rings. The highest BCUT2D eigenvalue weighted by Crippen LogP contribution is 2.22. The van der Waals surface area contributed by atoms with Crippen LogP contribution in [0.15, 0.2) is 17.0 Å². The average molecular weight is 263 g/mol. The first kappa shape index (κ1) is 13.4. The van der Waals surface area contributed by atoms with Crippen molar-refractivity contribution in [2.24, 2.45) is 5.92 Å². The number of hydrogen-bond acceptors (Lipinski definition) is 4. The van der Waals surface area contributed by atoms with E-state index in [1.165, 1.54) is 11.3 Å². The molecule has 0 aliphatic carbocycles. The molecule has 102 valence electrons. The van der Waals surface area contributed by atoms with Crippen LogP contribution in [0, 0.1) is 5.92 Å². The summed E-state index contributed by atoms with van der Waals surface area (Å²) in [5.74, 6) is 1.01. The molecule has 0 spiro atoms. The fourth-order valence-corrected chi connectivity index (χ4v) is 2.21. The molecule has 1 unspecified atom stereocenters. The molecule has 0 saturated carbocycles. The predicted octanol–water partition coefficient (Wildman–Crippen LogP) is 1.65. The quantitative estimate of drug-likeness (QED) is 0.877. The normalized spacial score (nSPS) is 21.6. The second kappa shape index (κ2) is 5.71. The first-order valence-corrected chi connectivity index (χ1v) is 5.90. The topological polar surface area (TPSA) is 41.3 Å². The number of rotatable bonds is 5. The number of likely N-dealkylation sites (tertiary alicyclic amines) is 1. The van der Waals surface area contributed by atoms with Gasteiger partial charge in [-0.15, -0.1) is 0 Å². The van der Waals surface area contributed by atoms with Gasteiger partial charge in [-0.1, -0.05) is 0 Å². The summed E-state index contributed by atoms with van der Waals surface area (Å²) in [5.41, 5.74) is 0. The maximum Gasteiger partial charge on any atom is 0.401 e. The molecule has 1 N–H and O–H groups in total. The highest BCUT2D eigenvalue weighted by molar-refractivity contribution is 4.88. The van der Waals surface area contributed by atoms with E-state index in [0.29, 0.717) is 26.2 Å². The Morgan fingerprint density at radius 1 is 1.50 bits per heavy atom. The van der Waals surface area contributed by atoms with Gasteiger partial charge in [0, 0.05) is 6.54 Å². The Labute approximate surface area is 103 Å². The number of aromatic nitrogens is 1. The molecule has 4 nitrogen and oxygen atoms in total. The molecule has 2 rings (SSSR count). The number of nitrogens with one attached hydrogen (secondary N) is 1. The lowest BCUT2D eigenvalue weighted by atomic mass is 10.1. The summed E-state index contributed by atoms with van der Waals surface area (Å²) >= 11 is 0. The summed E-state index contributed by atoms with van der Waals surface area (Å²) in [7, 11) is 0. The Morgan fingerprint density at radius 3 is 3.00 bits per heavy atom. The largest absolute Gasteiger partial charge is 0.447 e. The molecule has 18 heavy (non-hydrogen) atoms. The van der Waals surface area contributed by atoms with Crippen LogP contribution in [0.25, 0.3) is 0 Å². The second-order valence-corrected chi connectivity index (χ2v) is 4.60. The van der Waals surface area contributed by atoms with E-state index in [1.54, 1.807) is 6.20 Å². The van der Waals surface area contributed by atoms with Crippen molar-refractivity contribution in [3.05, 3.63) is 18.4 Å².